The van der Waals surface area contributed by atoms with E-state index >= 15 is 0 Å². The molecule has 1 saturated carbocycles. The van der Waals surface area contributed by atoms with E-state index in [0.717, 1.165) is 31.2 Å². The van der Waals surface area contributed by atoms with Gasteiger partial charge in [0.1, 0.15) is 17.7 Å². The molecule has 1 atom stereocenters. The Morgan fingerprint density at radius 3 is 2.28 bits per heavy atom. The number of amides is 2. The predicted octanol–water partition coefficient (Wildman–Crippen LogP) is 5.25. The van der Waals surface area contributed by atoms with Gasteiger partial charge in [-0.1, -0.05) is 43.9 Å². The summed E-state index contributed by atoms with van der Waals surface area (Å²) in [6, 6.07) is 12.0. The summed E-state index contributed by atoms with van der Waals surface area (Å²) in [5.41, 5.74) is 1.49. The molecule has 2 aromatic rings. The number of carbonyl (C=O) groups excluding carboxylic acids is 2. The third-order valence-corrected chi connectivity index (χ3v) is 6.74. The van der Waals surface area contributed by atoms with Gasteiger partial charge < -0.3 is 24.4 Å². The summed E-state index contributed by atoms with van der Waals surface area (Å²) in [7, 11) is 3.16. The smallest absolute Gasteiger partial charge is 0.247 e. The van der Waals surface area contributed by atoms with Crippen molar-refractivity contribution >= 4 is 23.4 Å². The second-order valence-electron chi connectivity index (χ2n) is 8.95. The van der Waals surface area contributed by atoms with Gasteiger partial charge >= 0.3 is 0 Å². The molecular weight excluding hydrogens is 480 g/mol. The number of benzene rings is 2. The van der Waals surface area contributed by atoms with Gasteiger partial charge in [-0.3, -0.25) is 9.59 Å². The largest absolute Gasteiger partial charge is 0.497 e. The lowest BCUT2D eigenvalue weighted by Crippen LogP contribution is -2.46. The number of methoxy groups -OCH3 is 2. The van der Waals surface area contributed by atoms with Crippen molar-refractivity contribution in [2.45, 2.75) is 64.1 Å². The van der Waals surface area contributed by atoms with Crippen molar-refractivity contribution in [2.24, 2.45) is 0 Å². The van der Waals surface area contributed by atoms with Crippen LogP contribution in [-0.4, -0.2) is 49.5 Å². The summed E-state index contributed by atoms with van der Waals surface area (Å²) in [4.78, 5) is 28.5. The second-order valence-corrected chi connectivity index (χ2v) is 9.21. The fraction of sp³-hybridized carbons (Fsp3) is 0.500. The number of halogens is 1. The summed E-state index contributed by atoms with van der Waals surface area (Å²) >= 11 is 6.05. The maximum absolute atomic E-state index is 13.8. The number of alkyl halides is 1. The molecule has 0 saturated heterocycles. The van der Waals surface area contributed by atoms with Crippen LogP contribution < -0.4 is 19.5 Å². The quantitative estimate of drug-likeness (QED) is 0.326. The average Bonchev–Trinajstić information content (AvgIpc) is 3.17. The lowest BCUT2D eigenvalue weighted by Gasteiger charge is -2.32. The molecule has 2 aromatic carbocycles. The van der Waals surface area contributed by atoms with E-state index in [0.29, 0.717) is 29.4 Å². The number of ether oxygens (including phenoxy) is 3. The Hall–Kier alpha value is -2.93. The number of hydrogen-bond acceptors (Lipinski definition) is 5. The number of carbonyl (C=O) groups is 2. The summed E-state index contributed by atoms with van der Waals surface area (Å²) in [6.07, 6.45) is 6.41. The van der Waals surface area contributed by atoms with E-state index in [1.165, 1.54) is 17.7 Å². The van der Waals surface area contributed by atoms with E-state index in [4.69, 9.17) is 25.8 Å². The third kappa shape index (κ3) is 7.29. The molecular formula is C28H37ClN2O5. The van der Waals surface area contributed by atoms with E-state index in [9.17, 15) is 9.59 Å². The first-order chi connectivity index (χ1) is 17.5. The molecule has 0 bridgehead atoms. The van der Waals surface area contributed by atoms with Crippen LogP contribution in [0.25, 0.3) is 0 Å². The zero-order chi connectivity index (χ0) is 25.9. The minimum absolute atomic E-state index is 0.0843. The standard InChI is InChI=1S/C28H37ClN2O5/c1-4-36-24-16-13-21(17-25(24)35-3)27(28(33)30-22-9-7-5-6-8-10-22)31(26(32)18-29)19-20-11-14-23(34-2)15-12-20/h11-17,22,27H,4-10,18-19H2,1-3H3,(H,30,33)/t27-/m1/s1. The highest BCUT2D eigenvalue weighted by Crippen LogP contribution is 2.34. The Morgan fingerprint density at radius 1 is 1.00 bits per heavy atom. The number of nitrogens with one attached hydrogen (secondary N) is 1. The van der Waals surface area contributed by atoms with Gasteiger partial charge in [0.05, 0.1) is 20.8 Å². The van der Waals surface area contributed by atoms with Crippen molar-refractivity contribution in [3.63, 3.8) is 0 Å². The zero-order valence-corrected chi connectivity index (χ0v) is 22.2. The molecule has 36 heavy (non-hydrogen) atoms. The highest BCUT2D eigenvalue weighted by molar-refractivity contribution is 6.27. The van der Waals surface area contributed by atoms with Crippen molar-refractivity contribution in [3.05, 3.63) is 53.6 Å². The van der Waals surface area contributed by atoms with Gasteiger partial charge in [-0.2, -0.15) is 0 Å². The Labute approximate surface area is 219 Å². The van der Waals surface area contributed by atoms with Crippen LogP contribution in [0.4, 0.5) is 0 Å². The number of hydrogen-bond donors (Lipinski definition) is 1. The van der Waals surface area contributed by atoms with Crippen molar-refractivity contribution in [1.82, 2.24) is 10.2 Å². The summed E-state index contributed by atoms with van der Waals surface area (Å²) in [5, 5.41) is 3.23. The normalized spacial score (nSPS) is 14.9. The molecule has 3 rings (SSSR count). The van der Waals surface area contributed by atoms with Gasteiger partial charge in [0.15, 0.2) is 11.5 Å². The summed E-state index contributed by atoms with van der Waals surface area (Å²) < 4.78 is 16.5. The van der Waals surface area contributed by atoms with E-state index in [1.807, 2.05) is 37.3 Å². The van der Waals surface area contributed by atoms with Gasteiger partial charge in [-0.05, 0) is 55.2 Å². The minimum Gasteiger partial charge on any atom is -0.497 e. The highest BCUT2D eigenvalue weighted by atomic mass is 35.5. The van der Waals surface area contributed by atoms with Crippen LogP contribution in [-0.2, 0) is 16.1 Å². The van der Waals surface area contributed by atoms with Gasteiger partial charge in [-0.15, -0.1) is 11.6 Å². The van der Waals surface area contributed by atoms with Gasteiger partial charge in [0, 0.05) is 12.6 Å². The van der Waals surface area contributed by atoms with Crippen LogP contribution in [0.1, 0.15) is 62.6 Å². The van der Waals surface area contributed by atoms with Crippen LogP contribution in [0, 0.1) is 0 Å². The maximum Gasteiger partial charge on any atom is 0.247 e. The van der Waals surface area contributed by atoms with Crippen LogP contribution in [0.15, 0.2) is 42.5 Å². The molecule has 8 heteroatoms. The lowest BCUT2D eigenvalue weighted by atomic mass is 10.0. The maximum atomic E-state index is 13.8. The summed E-state index contributed by atoms with van der Waals surface area (Å²) in [5.74, 6) is 1.01. The molecule has 7 nitrogen and oxygen atoms in total. The topological polar surface area (TPSA) is 77.1 Å². The Bertz CT molecular complexity index is 990. The molecule has 1 aliphatic rings. The van der Waals surface area contributed by atoms with Crippen molar-refractivity contribution in [1.29, 1.82) is 0 Å². The molecule has 0 aliphatic heterocycles. The first kappa shape index (κ1) is 27.7. The fourth-order valence-electron chi connectivity index (χ4n) is 4.63. The lowest BCUT2D eigenvalue weighted by molar-refractivity contribution is -0.140. The number of rotatable bonds is 11. The highest BCUT2D eigenvalue weighted by Gasteiger charge is 2.33. The number of nitrogens with zero attached hydrogens (tertiary/aromatic N) is 1. The van der Waals surface area contributed by atoms with Crippen molar-refractivity contribution < 1.29 is 23.8 Å². The summed E-state index contributed by atoms with van der Waals surface area (Å²) in [6.45, 7) is 2.59. The van der Waals surface area contributed by atoms with E-state index < -0.39 is 6.04 Å². The predicted molar refractivity (Wildman–Crippen MR) is 141 cm³/mol. The Balaban J connectivity index is 2.00. The van der Waals surface area contributed by atoms with Gasteiger partial charge in [0.2, 0.25) is 11.8 Å². The van der Waals surface area contributed by atoms with Gasteiger partial charge in [0.25, 0.3) is 0 Å². The minimum atomic E-state index is -0.883. The van der Waals surface area contributed by atoms with E-state index in [2.05, 4.69) is 5.32 Å². The molecule has 2 amide bonds. The molecule has 0 spiro atoms. The Morgan fingerprint density at radius 2 is 1.69 bits per heavy atom. The first-order valence-corrected chi connectivity index (χ1v) is 13.1. The van der Waals surface area contributed by atoms with Crippen LogP contribution >= 0.6 is 11.6 Å². The monoisotopic (exact) mass is 516 g/mol. The SMILES string of the molecule is CCOc1ccc([C@H](C(=O)NC2CCCCCC2)N(Cc2ccc(OC)cc2)C(=O)CCl)cc1OC. The van der Waals surface area contributed by atoms with Gasteiger partial charge in [-0.25, -0.2) is 0 Å². The average molecular weight is 517 g/mol. The third-order valence-electron chi connectivity index (χ3n) is 6.51. The molecule has 196 valence electrons. The molecule has 0 radical (unpaired) electrons. The van der Waals surface area contributed by atoms with Crippen molar-refractivity contribution in [2.75, 3.05) is 26.7 Å². The molecule has 0 heterocycles. The molecule has 1 aliphatic carbocycles. The molecule has 1 fully saturated rings. The van der Waals surface area contributed by atoms with E-state index in [1.54, 1.807) is 26.4 Å². The van der Waals surface area contributed by atoms with Crippen LogP contribution in [0.3, 0.4) is 0 Å². The zero-order valence-electron chi connectivity index (χ0n) is 21.4. The van der Waals surface area contributed by atoms with Crippen molar-refractivity contribution in [3.8, 4) is 17.2 Å². The second kappa shape index (κ2) is 14.0. The molecule has 1 N–H and O–H groups in total. The van der Waals surface area contributed by atoms with E-state index in [-0.39, 0.29) is 30.3 Å². The first-order valence-electron chi connectivity index (χ1n) is 12.6. The molecule has 0 unspecified atom stereocenters. The fourth-order valence-corrected chi connectivity index (χ4v) is 4.79. The molecule has 0 aromatic heterocycles. The Kier molecular flexibility index (Phi) is 10.7. The van der Waals surface area contributed by atoms with Crippen LogP contribution in [0.5, 0.6) is 17.2 Å². The van der Waals surface area contributed by atoms with Crippen LogP contribution in [0.2, 0.25) is 0 Å².